The molecular weight excluding hydrogens is 374 g/mol. The number of ether oxygens (including phenoxy) is 2. The zero-order chi connectivity index (χ0) is 20.2. The zero-order valence-corrected chi connectivity index (χ0v) is 16.2. The summed E-state index contributed by atoms with van der Waals surface area (Å²) < 4.78 is 36.5. The Kier molecular flexibility index (Phi) is 6.24. The Labute approximate surface area is 157 Å². The van der Waals surface area contributed by atoms with Crippen molar-refractivity contribution >= 4 is 21.4 Å². The normalized spacial score (nSPS) is 12.3. The van der Waals surface area contributed by atoms with Crippen molar-refractivity contribution in [3.63, 3.8) is 0 Å². The summed E-state index contributed by atoms with van der Waals surface area (Å²) >= 11 is 0. The fourth-order valence-corrected chi connectivity index (χ4v) is 3.31. The van der Waals surface area contributed by atoms with Crippen LogP contribution in [0.1, 0.15) is 18.5 Å². The molecule has 0 fully saturated rings. The highest BCUT2D eigenvalue weighted by molar-refractivity contribution is 7.89. The second-order valence-corrected chi connectivity index (χ2v) is 7.50. The number of sulfonamides is 1. The van der Waals surface area contributed by atoms with Crippen molar-refractivity contribution in [2.45, 2.75) is 17.9 Å². The van der Waals surface area contributed by atoms with Gasteiger partial charge in [-0.1, -0.05) is 0 Å². The van der Waals surface area contributed by atoms with Crippen LogP contribution in [0.4, 0.5) is 11.4 Å². The molecule has 0 spiro atoms. The molecule has 2 rings (SSSR count). The summed E-state index contributed by atoms with van der Waals surface area (Å²) in [6.07, 6.45) is 0. The van der Waals surface area contributed by atoms with E-state index in [9.17, 15) is 18.5 Å². The van der Waals surface area contributed by atoms with Gasteiger partial charge in [-0.15, -0.1) is 0 Å². The largest absolute Gasteiger partial charge is 0.497 e. The van der Waals surface area contributed by atoms with Crippen LogP contribution >= 0.6 is 0 Å². The minimum Gasteiger partial charge on any atom is -0.497 e. The van der Waals surface area contributed by atoms with Gasteiger partial charge in [-0.2, -0.15) is 0 Å². The molecule has 1 atom stereocenters. The predicted molar refractivity (Wildman–Crippen MR) is 101 cm³/mol. The van der Waals surface area contributed by atoms with E-state index in [1.54, 1.807) is 25.1 Å². The SMILES string of the molecule is CNS(=O)(=O)c1ccc(N[C@@H](C)c2cc(OC)ccc2OC)c([N+](=O)[O-])c1. The summed E-state index contributed by atoms with van der Waals surface area (Å²) in [4.78, 5) is 10.6. The summed E-state index contributed by atoms with van der Waals surface area (Å²) in [6, 6.07) is 8.56. The van der Waals surface area contributed by atoms with Crippen molar-refractivity contribution in [1.29, 1.82) is 0 Å². The molecule has 146 valence electrons. The van der Waals surface area contributed by atoms with Crippen LogP contribution in [0.25, 0.3) is 0 Å². The number of nitro groups is 1. The number of hydrogen-bond acceptors (Lipinski definition) is 7. The van der Waals surface area contributed by atoms with E-state index in [1.807, 2.05) is 0 Å². The Morgan fingerprint density at radius 2 is 1.81 bits per heavy atom. The van der Waals surface area contributed by atoms with E-state index in [0.717, 1.165) is 11.6 Å². The number of benzene rings is 2. The fourth-order valence-electron chi connectivity index (χ4n) is 2.56. The molecule has 10 heteroatoms. The smallest absolute Gasteiger partial charge is 0.293 e. The predicted octanol–water partition coefficient (Wildman–Crippen LogP) is 2.69. The van der Waals surface area contributed by atoms with E-state index >= 15 is 0 Å². The Balaban J connectivity index is 2.44. The topological polar surface area (TPSA) is 120 Å². The van der Waals surface area contributed by atoms with Crippen molar-refractivity contribution in [3.05, 3.63) is 52.1 Å². The van der Waals surface area contributed by atoms with Crippen molar-refractivity contribution in [2.75, 3.05) is 26.6 Å². The van der Waals surface area contributed by atoms with Gasteiger partial charge in [-0.25, -0.2) is 13.1 Å². The highest BCUT2D eigenvalue weighted by atomic mass is 32.2. The third-order valence-electron chi connectivity index (χ3n) is 4.02. The maximum atomic E-state index is 11.9. The van der Waals surface area contributed by atoms with E-state index < -0.39 is 14.9 Å². The Morgan fingerprint density at radius 1 is 1.11 bits per heavy atom. The molecule has 2 N–H and O–H groups in total. The van der Waals surface area contributed by atoms with Gasteiger partial charge >= 0.3 is 0 Å². The van der Waals surface area contributed by atoms with Crippen LogP contribution in [0.5, 0.6) is 11.5 Å². The van der Waals surface area contributed by atoms with Crippen molar-refractivity contribution in [2.24, 2.45) is 0 Å². The van der Waals surface area contributed by atoms with Crippen LogP contribution in [-0.4, -0.2) is 34.6 Å². The average Bonchev–Trinajstić information content (AvgIpc) is 2.67. The minimum atomic E-state index is -3.79. The first-order chi connectivity index (χ1) is 12.7. The van der Waals surface area contributed by atoms with E-state index in [4.69, 9.17) is 9.47 Å². The van der Waals surface area contributed by atoms with Gasteiger partial charge in [-0.05, 0) is 44.3 Å². The van der Waals surface area contributed by atoms with Gasteiger partial charge in [0.05, 0.1) is 30.1 Å². The van der Waals surface area contributed by atoms with E-state index in [0.29, 0.717) is 11.5 Å². The number of rotatable bonds is 8. The maximum Gasteiger partial charge on any atom is 0.293 e. The van der Waals surface area contributed by atoms with Gasteiger partial charge in [-0.3, -0.25) is 10.1 Å². The van der Waals surface area contributed by atoms with E-state index in [-0.39, 0.29) is 22.3 Å². The Morgan fingerprint density at radius 3 is 2.37 bits per heavy atom. The van der Waals surface area contributed by atoms with Crippen molar-refractivity contribution < 1.29 is 22.8 Å². The van der Waals surface area contributed by atoms with Crippen molar-refractivity contribution in [3.8, 4) is 11.5 Å². The summed E-state index contributed by atoms with van der Waals surface area (Å²) in [5.74, 6) is 1.21. The van der Waals surface area contributed by atoms with Crippen LogP contribution < -0.4 is 19.5 Å². The molecule has 0 aromatic heterocycles. The number of anilines is 1. The third kappa shape index (κ3) is 4.47. The minimum absolute atomic E-state index is 0.186. The highest BCUT2D eigenvalue weighted by Crippen LogP contribution is 2.34. The molecule has 2 aromatic carbocycles. The standard InChI is InChI=1S/C17H21N3O6S/c1-11(14-9-12(25-3)5-8-17(14)26-4)19-15-7-6-13(27(23,24)18-2)10-16(15)20(21)22/h5-11,18-19H,1-4H3/t11-/m0/s1. The first kappa shape index (κ1) is 20.5. The quantitative estimate of drug-likeness (QED) is 0.521. The molecule has 0 heterocycles. The third-order valence-corrected chi connectivity index (χ3v) is 5.43. The van der Waals surface area contributed by atoms with Gasteiger partial charge in [0.1, 0.15) is 17.2 Å². The summed E-state index contributed by atoms with van der Waals surface area (Å²) in [5, 5.41) is 14.5. The first-order valence-electron chi connectivity index (χ1n) is 7.94. The maximum absolute atomic E-state index is 11.9. The van der Waals surface area contributed by atoms with E-state index in [1.165, 1.54) is 33.4 Å². The number of nitrogens with zero attached hydrogens (tertiary/aromatic N) is 1. The van der Waals surface area contributed by atoms with Crippen molar-refractivity contribution in [1.82, 2.24) is 4.72 Å². The molecular formula is C17H21N3O6S. The molecule has 27 heavy (non-hydrogen) atoms. The van der Waals surface area contributed by atoms with Gasteiger partial charge in [0.15, 0.2) is 0 Å². The molecule has 0 radical (unpaired) electrons. The highest BCUT2D eigenvalue weighted by Gasteiger charge is 2.22. The molecule has 0 unspecified atom stereocenters. The molecule has 9 nitrogen and oxygen atoms in total. The lowest BCUT2D eigenvalue weighted by atomic mass is 10.1. The van der Waals surface area contributed by atoms with E-state index in [2.05, 4.69) is 10.0 Å². The summed E-state index contributed by atoms with van der Waals surface area (Å²) in [7, 11) is 0.513. The number of nitro benzene ring substituents is 1. The Bertz CT molecular complexity index is 946. The molecule has 2 aromatic rings. The number of nitrogens with one attached hydrogen (secondary N) is 2. The van der Waals surface area contributed by atoms with Crippen LogP contribution in [0, 0.1) is 10.1 Å². The average molecular weight is 395 g/mol. The number of methoxy groups -OCH3 is 2. The van der Waals surface area contributed by atoms with Crippen LogP contribution in [0.3, 0.4) is 0 Å². The molecule has 0 saturated heterocycles. The monoisotopic (exact) mass is 395 g/mol. The first-order valence-corrected chi connectivity index (χ1v) is 9.42. The number of hydrogen-bond donors (Lipinski definition) is 2. The van der Waals surface area contributed by atoms with Gasteiger partial charge < -0.3 is 14.8 Å². The molecule has 0 bridgehead atoms. The summed E-state index contributed by atoms with van der Waals surface area (Å²) in [6.45, 7) is 1.80. The van der Waals surface area contributed by atoms with Crippen LogP contribution in [0.15, 0.2) is 41.3 Å². The summed E-state index contributed by atoms with van der Waals surface area (Å²) in [5.41, 5.74) is 0.575. The fraction of sp³-hybridized carbons (Fsp3) is 0.294. The van der Waals surface area contributed by atoms with Crippen LogP contribution in [-0.2, 0) is 10.0 Å². The lowest BCUT2D eigenvalue weighted by Gasteiger charge is -2.19. The van der Waals surface area contributed by atoms with Gasteiger partial charge in [0.2, 0.25) is 10.0 Å². The second-order valence-electron chi connectivity index (χ2n) is 5.62. The zero-order valence-electron chi connectivity index (χ0n) is 15.3. The van der Waals surface area contributed by atoms with Crippen LogP contribution in [0.2, 0.25) is 0 Å². The van der Waals surface area contributed by atoms with Gasteiger partial charge in [0, 0.05) is 11.6 Å². The molecule has 0 saturated carbocycles. The van der Waals surface area contributed by atoms with Gasteiger partial charge in [0.25, 0.3) is 5.69 Å². The molecule has 0 aliphatic carbocycles. The lowest BCUT2D eigenvalue weighted by molar-refractivity contribution is -0.384. The lowest BCUT2D eigenvalue weighted by Crippen LogP contribution is -2.19. The molecule has 0 aliphatic rings. The molecule has 0 aliphatic heterocycles. The Hall–Kier alpha value is -2.85. The second kappa shape index (κ2) is 8.23. The molecule has 0 amide bonds.